The molecule has 1 fully saturated rings. The van der Waals surface area contributed by atoms with E-state index in [0.29, 0.717) is 36.7 Å². The number of carbonyl (C=O) groups excluding carboxylic acids is 1. The van der Waals surface area contributed by atoms with E-state index in [-0.39, 0.29) is 44.6 Å². The number of fused-ring (bicyclic) bond motifs is 3. The van der Waals surface area contributed by atoms with Gasteiger partial charge < -0.3 is 30.9 Å². The number of carboxylic acid groups (broad SMARTS) is 1. The molecule has 0 aliphatic carbocycles. The third-order valence-corrected chi connectivity index (χ3v) is 8.11. The number of amides is 1. The number of amidine groups is 2. The summed E-state index contributed by atoms with van der Waals surface area (Å²) in [7, 11) is 0. The van der Waals surface area contributed by atoms with Crippen molar-refractivity contribution in [1.82, 2.24) is 14.5 Å². The molecule has 2 aliphatic heterocycles. The summed E-state index contributed by atoms with van der Waals surface area (Å²) in [5.41, 5.74) is 10.7. The molecule has 37 heavy (non-hydrogen) atoms. The van der Waals surface area contributed by atoms with Crippen molar-refractivity contribution < 1.29 is 19.1 Å². The Morgan fingerprint density at radius 2 is 1.95 bits per heavy atom. The van der Waals surface area contributed by atoms with Crippen LogP contribution >= 0.6 is 23.1 Å². The zero-order valence-electron chi connectivity index (χ0n) is 19.4. The van der Waals surface area contributed by atoms with E-state index in [1.807, 2.05) is 6.92 Å². The number of anilines is 1. The van der Waals surface area contributed by atoms with Gasteiger partial charge in [0.15, 0.2) is 11.7 Å². The Labute approximate surface area is 216 Å². The molecule has 1 saturated heterocycles. The number of nitrogens with two attached hydrogens (primary N) is 2. The smallest absolute Gasteiger partial charge is 0.342 e. The fourth-order valence-electron chi connectivity index (χ4n) is 4.36. The normalized spacial score (nSPS) is 17.5. The molecule has 2 aliphatic rings. The van der Waals surface area contributed by atoms with Crippen LogP contribution < -0.4 is 21.8 Å². The second-order valence-corrected chi connectivity index (χ2v) is 10.6. The highest BCUT2D eigenvalue weighted by Crippen LogP contribution is 2.46. The van der Waals surface area contributed by atoms with E-state index in [2.05, 4.69) is 9.98 Å². The van der Waals surface area contributed by atoms with Gasteiger partial charge in [0, 0.05) is 36.9 Å². The van der Waals surface area contributed by atoms with E-state index in [1.165, 1.54) is 11.8 Å². The molecule has 3 aromatic rings. The fraction of sp³-hybridized carbons (Fsp3) is 0.273. The second-order valence-electron chi connectivity index (χ2n) is 8.43. The molecule has 192 valence electrons. The van der Waals surface area contributed by atoms with Crippen molar-refractivity contribution in [2.45, 2.75) is 17.3 Å². The maximum atomic E-state index is 15.2. The number of rotatable bonds is 4. The number of pyridine rings is 1. The van der Waals surface area contributed by atoms with Crippen molar-refractivity contribution in [3.05, 3.63) is 44.8 Å². The molecule has 1 atom stereocenters. The Bertz CT molecular complexity index is 1570. The predicted octanol–water partition coefficient (Wildman–Crippen LogP) is 1.81. The number of benzene rings is 1. The molecule has 0 saturated carbocycles. The number of halogens is 1. The van der Waals surface area contributed by atoms with E-state index >= 15 is 4.39 Å². The average Bonchev–Trinajstić information content (AvgIpc) is 3.31. The minimum atomic E-state index is -1.33. The first-order valence-electron chi connectivity index (χ1n) is 11.1. The summed E-state index contributed by atoms with van der Waals surface area (Å²) in [5, 5.41) is 18.8. The number of piperazine rings is 1. The van der Waals surface area contributed by atoms with Gasteiger partial charge in [-0.05, 0) is 19.1 Å². The van der Waals surface area contributed by atoms with Crippen LogP contribution in [0.4, 0.5) is 15.2 Å². The second kappa shape index (κ2) is 9.15. The lowest BCUT2D eigenvalue weighted by Crippen LogP contribution is -2.49. The fourth-order valence-corrected chi connectivity index (χ4v) is 6.18. The molecule has 1 aromatic carbocycles. The average molecular weight is 545 g/mol. The number of hydrogen-bond acceptors (Lipinski definition) is 9. The highest BCUT2D eigenvalue weighted by Gasteiger charge is 2.34. The number of nitrogens with one attached hydrogen (secondary N) is 1. The summed E-state index contributed by atoms with van der Waals surface area (Å²) >= 11 is 2.38. The molecule has 12 nitrogen and oxygen atoms in total. The van der Waals surface area contributed by atoms with Crippen molar-refractivity contribution in [2.75, 3.05) is 31.1 Å². The first-order valence-corrected chi connectivity index (χ1v) is 12.8. The van der Waals surface area contributed by atoms with Gasteiger partial charge in [0.1, 0.15) is 17.1 Å². The molecule has 0 bridgehead atoms. The first-order chi connectivity index (χ1) is 17.6. The van der Waals surface area contributed by atoms with Crippen molar-refractivity contribution in [3.8, 4) is 0 Å². The summed E-state index contributed by atoms with van der Waals surface area (Å²) in [6.45, 7) is 3.18. The van der Waals surface area contributed by atoms with E-state index in [1.54, 1.807) is 25.8 Å². The maximum absolute atomic E-state index is 15.2. The molecule has 1 unspecified atom stereocenters. The summed E-state index contributed by atoms with van der Waals surface area (Å²) in [4.78, 5) is 48.8. The minimum absolute atomic E-state index is 0.0239. The lowest BCUT2D eigenvalue weighted by molar-refractivity contribution is 0.0688. The van der Waals surface area contributed by atoms with Crippen LogP contribution in [0.25, 0.3) is 10.9 Å². The van der Waals surface area contributed by atoms with Crippen LogP contribution in [-0.2, 0) is 0 Å². The minimum Gasteiger partial charge on any atom is -0.477 e. The van der Waals surface area contributed by atoms with Gasteiger partial charge in [-0.1, -0.05) is 11.8 Å². The standard InChI is InChI=1S/C22H21FN8O4S2/c1-9-31-13-7-14(11(23)6-10(13)16(32)15(21(34)35)20(31)37-9)29-2-4-30(5-3-29)19(33)12-8-36-22(27-12)28-18(26)17(24)25/h6-9H,2-5H2,1H3,(H3,24,25)(H,34,35)(H2,26,27,28). The quantitative estimate of drug-likeness (QED) is 0.281. The van der Waals surface area contributed by atoms with Gasteiger partial charge in [-0.2, -0.15) is 4.99 Å². The summed E-state index contributed by atoms with van der Waals surface area (Å²) in [6, 6.07) is 2.68. The summed E-state index contributed by atoms with van der Waals surface area (Å²) < 4.78 is 16.9. The number of nitrogens with zero attached hydrogens (tertiary/aromatic N) is 5. The van der Waals surface area contributed by atoms with Crippen molar-refractivity contribution in [3.63, 3.8) is 0 Å². The number of carboxylic acids is 1. The molecular weight excluding hydrogens is 523 g/mol. The van der Waals surface area contributed by atoms with Gasteiger partial charge in [-0.3, -0.25) is 15.0 Å². The summed E-state index contributed by atoms with van der Waals surface area (Å²) in [5.74, 6) is -2.86. The summed E-state index contributed by atoms with van der Waals surface area (Å²) in [6.07, 6.45) is 0. The SMILES string of the molecule is CC1Sc2c(C(=O)O)c(=O)c3cc(F)c(N4CCN(C(=O)c5csc(N=C(N)C(=N)N)n5)CC4)cc3n21. The zero-order valence-corrected chi connectivity index (χ0v) is 21.0. The Morgan fingerprint density at radius 1 is 1.24 bits per heavy atom. The van der Waals surface area contributed by atoms with Crippen LogP contribution in [0.5, 0.6) is 0 Å². The molecule has 0 radical (unpaired) electrons. The van der Waals surface area contributed by atoms with Crippen LogP contribution in [0.2, 0.25) is 0 Å². The molecule has 15 heteroatoms. The highest BCUT2D eigenvalue weighted by atomic mass is 32.2. The van der Waals surface area contributed by atoms with E-state index < -0.39 is 23.1 Å². The van der Waals surface area contributed by atoms with Gasteiger partial charge in [0.2, 0.25) is 10.6 Å². The van der Waals surface area contributed by atoms with Crippen molar-refractivity contribution in [1.29, 1.82) is 5.41 Å². The molecule has 4 heterocycles. The molecule has 2 aromatic heterocycles. The highest BCUT2D eigenvalue weighted by molar-refractivity contribution is 8.00. The maximum Gasteiger partial charge on any atom is 0.342 e. The van der Waals surface area contributed by atoms with E-state index in [9.17, 15) is 19.5 Å². The molecule has 5 rings (SSSR count). The van der Waals surface area contributed by atoms with E-state index in [0.717, 1.165) is 17.4 Å². The largest absolute Gasteiger partial charge is 0.477 e. The topological polar surface area (TPSA) is 184 Å². The zero-order chi connectivity index (χ0) is 26.6. The molecule has 1 amide bonds. The van der Waals surface area contributed by atoms with Gasteiger partial charge >= 0.3 is 5.97 Å². The molecule has 6 N–H and O–H groups in total. The third-order valence-electron chi connectivity index (χ3n) is 6.20. The van der Waals surface area contributed by atoms with Crippen molar-refractivity contribution in [2.24, 2.45) is 16.5 Å². The molecule has 0 spiro atoms. The Kier molecular flexibility index (Phi) is 6.11. The number of thiazole rings is 1. The van der Waals surface area contributed by atoms with Crippen LogP contribution in [0.3, 0.4) is 0 Å². The van der Waals surface area contributed by atoms with Gasteiger partial charge in [-0.25, -0.2) is 14.2 Å². The third kappa shape index (κ3) is 4.19. The van der Waals surface area contributed by atoms with Gasteiger partial charge in [-0.15, -0.1) is 11.3 Å². The lowest BCUT2D eigenvalue weighted by atomic mass is 10.1. The van der Waals surface area contributed by atoms with Gasteiger partial charge in [0.25, 0.3) is 5.91 Å². The number of hydrogen-bond donors (Lipinski definition) is 4. The number of aromatic carboxylic acids is 1. The van der Waals surface area contributed by atoms with Crippen molar-refractivity contribution >= 4 is 68.4 Å². The van der Waals surface area contributed by atoms with Crippen LogP contribution in [-0.4, -0.2) is 69.3 Å². The monoisotopic (exact) mass is 544 g/mol. The number of thioether (sulfide) groups is 1. The predicted molar refractivity (Wildman–Crippen MR) is 139 cm³/mol. The van der Waals surface area contributed by atoms with Crippen LogP contribution in [0.15, 0.2) is 32.3 Å². The van der Waals surface area contributed by atoms with Crippen LogP contribution in [0.1, 0.15) is 33.1 Å². The number of aromatic nitrogens is 2. The van der Waals surface area contributed by atoms with E-state index in [4.69, 9.17) is 16.9 Å². The lowest BCUT2D eigenvalue weighted by Gasteiger charge is -2.37. The number of carbonyl (C=O) groups is 2. The Balaban J connectivity index is 1.37. The van der Waals surface area contributed by atoms with Crippen LogP contribution in [0, 0.1) is 11.2 Å². The Hall–Kier alpha value is -3.98. The molecular formula is C22H21FN8O4S2. The number of aliphatic imine (C=N–C) groups is 1. The Morgan fingerprint density at radius 3 is 2.57 bits per heavy atom. The van der Waals surface area contributed by atoms with Gasteiger partial charge in [0.05, 0.1) is 21.6 Å². The first kappa shape index (κ1) is 24.7.